The second kappa shape index (κ2) is 4.45. The van der Waals surface area contributed by atoms with Crippen LogP contribution in [0, 0.1) is 5.41 Å². The standard InChI is InChI=1S/C9H19NO2/c1-7(11)6-10-8(12)5-9(2,3)4/h7,11H,5-6H2,1-4H3,(H,10,12)/t7-/m0/s1. The van der Waals surface area contributed by atoms with E-state index in [2.05, 4.69) is 5.32 Å². The van der Waals surface area contributed by atoms with Crippen LogP contribution in [-0.4, -0.2) is 23.7 Å². The normalized spacial score (nSPS) is 14.1. The Morgan fingerprint density at radius 2 is 2.00 bits per heavy atom. The van der Waals surface area contributed by atoms with Gasteiger partial charge in [-0.05, 0) is 12.3 Å². The van der Waals surface area contributed by atoms with E-state index in [4.69, 9.17) is 5.11 Å². The number of carbonyl (C=O) groups excluding carboxylic acids is 1. The second-order valence-corrected chi connectivity index (χ2v) is 4.39. The van der Waals surface area contributed by atoms with Crippen LogP contribution in [0.3, 0.4) is 0 Å². The third-order valence-electron chi connectivity index (χ3n) is 1.29. The number of carbonyl (C=O) groups is 1. The lowest BCUT2D eigenvalue weighted by atomic mass is 9.92. The lowest BCUT2D eigenvalue weighted by Crippen LogP contribution is -2.32. The number of amides is 1. The molecular weight excluding hydrogens is 154 g/mol. The number of hydrogen-bond acceptors (Lipinski definition) is 2. The van der Waals surface area contributed by atoms with Crippen molar-refractivity contribution in [2.75, 3.05) is 6.54 Å². The van der Waals surface area contributed by atoms with E-state index in [1.165, 1.54) is 0 Å². The summed E-state index contributed by atoms with van der Waals surface area (Å²) in [5.74, 6) is 0.00315. The van der Waals surface area contributed by atoms with Gasteiger partial charge in [-0.1, -0.05) is 20.8 Å². The molecule has 0 aliphatic heterocycles. The summed E-state index contributed by atoms with van der Waals surface area (Å²) in [6.07, 6.45) is 0.0358. The van der Waals surface area contributed by atoms with Crippen LogP contribution in [0.2, 0.25) is 0 Å². The van der Waals surface area contributed by atoms with Gasteiger partial charge in [0.25, 0.3) is 0 Å². The van der Waals surface area contributed by atoms with Gasteiger partial charge in [0, 0.05) is 13.0 Å². The highest BCUT2D eigenvalue weighted by Gasteiger charge is 2.15. The molecule has 0 saturated heterocycles. The fraction of sp³-hybridized carbons (Fsp3) is 0.889. The average Bonchev–Trinajstić information content (AvgIpc) is 1.79. The maximum atomic E-state index is 11.1. The summed E-state index contributed by atoms with van der Waals surface area (Å²) in [6, 6.07) is 0. The molecule has 2 N–H and O–H groups in total. The fourth-order valence-electron chi connectivity index (χ4n) is 0.806. The van der Waals surface area contributed by atoms with E-state index in [-0.39, 0.29) is 11.3 Å². The Kier molecular flexibility index (Phi) is 4.24. The molecule has 0 aromatic heterocycles. The quantitative estimate of drug-likeness (QED) is 0.666. The predicted octanol–water partition coefficient (Wildman–Crippen LogP) is 0.920. The lowest BCUT2D eigenvalue weighted by Gasteiger charge is -2.17. The molecule has 0 radical (unpaired) electrons. The van der Waals surface area contributed by atoms with E-state index in [0.717, 1.165) is 0 Å². The van der Waals surface area contributed by atoms with Crippen LogP contribution in [-0.2, 0) is 4.79 Å². The van der Waals surface area contributed by atoms with Gasteiger partial charge in [-0.15, -0.1) is 0 Å². The van der Waals surface area contributed by atoms with Crippen LogP contribution in [0.25, 0.3) is 0 Å². The second-order valence-electron chi connectivity index (χ2n) is 4.39. The molecule has 0 rings (SSSR count). The Balaban J connectivity index is 3.61. The summed E-state index contributed by atoms with van der Waals surface area (Å²) < 4.78 is 0. The molecule has 3 nitrogen and oxygen atoms in total. The topological polar surface area (TPSA) is 49.3 Å². The van der Waals surface area contributed by atoms with Crippen LogP contribution in [0.1, 0.15) is 34.1 Å². The van der Waals surface area contributed by atoms with E-state index in [0.29, 0.717) is 13.0 Å². The Hall–Kier alpha value is -0.570. The molecule has 12 heavy (non-hydrogen) atoms. The summed E-state index contributed by atoms with van der Waals surface area (Å²) in [7, 11) is 0. The zero-order valence-corrected chi connectivity index (χ0v) is 8.35. The molecule has 0 fully saturated rings. The number of aliphatic hydroxyl groups is 1. The minimum Gasteiger partial charge on any atom is -0.392 e. The first-order valence-electron chi connectivity index (χ1n) is 4.26. The van der Waals surface area contributed by atoms with Crippen LogP contribution in [0.15, 0.2) is 0 Å². The molecule has 0 spiro atoms. The van der Waals surface area contributed by atoms with Crippen molar-refractivity contribution in [3.8, 4) is 0 Å². The molecule has 72 valence electrons. The SMILES string of the molecule is C[C@H](O)CNC(=O)CC(C)(C)C. The summed E-state index contributed by atoms with van der Waals surface area (Å²) in [4.78, 5) is 11.1. The molecular formula is C9H19NO2. The molecule has 1 atom stereocenters. The van der Waals surface area contributed by atoms with E-state index in [1.807, 2.05) is 20.8 Å². The highest BCUT2D eigenvalue weighted by Crippen LogP contribution is 2.17. The van der Waals surface area contributed by atoms with Gasteiger partial charge < -0.3 is 10.4 Å². The van der Waals surface area contributed by atoms with E-state index in [1.54, 1.807) is 6.92 Å². The molecule has 0 aromatic carbocycles. The van der Waals surface area contributed by atoms with Crippen molar-refractivity contribution in [1.82, 2.24) is 5.32 Å². The number of rotatable bonds is 3. The third-order valence-corrected chi connectivity index (χ3v) is 1.29. The lowest BCUT2D eigenvalue weighted by molar-refractivity contribution is -0.123. The fourth-order valence-corrected chi connectivity index (χ4v) is 0.806. The minimum absolute atomic E-state index is 0.00315. The number of aliphatic hydroxyl groups excluding tert-OH is 1. The van der Waals surface area contributed by atoms with Gasteiger partial charge in [-0.25, -0.2) is 0 Å². The molecule has 1 amide bonds. The van der Waals surface area contributed by atoms with Crippen molar-refractivity contribution < 1.29 is 9.90 Å². The zero-order chi connectivity index (χ0) is 9.78. The predicted molar refractivity (Wildman–Crippen MR) is 48.8 cm³/mol. The maximum Gasteiger partial charge on any atom is 0.220 e. The Bertz CT molecular complexity index is 147. The molecule has 0 heterocycles. The van der Waals surface area contributed by atoms with Gasteiger partial charge in [-0.3, -0.25) is 4.79 Å². The highest BCUT2D eigenvalue weighted by molar-refractivity contribution is 5.76. The van der Waals surface area contributed by atoms with Gasteiger partial charge >= 0.3 is 0 Å². The summed E-state index contributed by atoms with van der Waals surface area (Å²) >= 11 is 0. The van der Waals surface area contributed by atoms with Crippen molar-refractivity contribution >= 4 is 5.91 Å². The Morgan fingerprint density at radius 3 is 2.33 bits per heavy atom. The minimum atomic E-state index is -0.464. The maximum absolute atomic E-state index is 11.1. The van der Waals surface area contributed by atoms with Crippen LogP contribution in [0.5, 0.6) is 0 Å². The largest absolute Gasteiger partial charge is 0.392 e. The highest BCUT2D eigenvalue weighted by atomic mass is 16.3. The van der Waals surface area contributed by atoms with E-state index in [9.17, 15) is 4.79 Å². The van der Waals surface area contributed by atoms with Gasteiger partial charge in [0.2, 0.25) is 5.91 Å². The summed E-state index contributed by atoms with van der Waals surface area (Å²) in [5, 5.41) is 11.5. The average molecular weight is 173 g/mol. The first-order chi connectivity index (χ1) is 5.31. The first kappa shape index (κ1) is 11.4. The Labute approximate surface area is 74.2 Å². The van der Waals surface area contributed by atoms with Gasteiger partial charge in [0.15, 0.2) is 0 Å². The van der Waals surface area contributed by atoms with Gasteiger partial charge in [-0.2, -0.15) is 0 Å². The number of hydrogen-bond donors (Lipinski definition) is 2. The molecule has 0 aliphatic rings. The van der Waals surface area contributed by atoms with E-state index >= 15 is 0 Å². The van der Waals surface area contributed by atoms with Crippen molar-refractivity contribution in [1.29, 1.82) is 0 Å². The summed E-state index contributed by atoms with van der Waals surface area (Å²) in [6.45, 7) is 8.02. The first-order valence-corrected chi connectivity index (χ1v) is 4.26. The zero-order valence-electron chi connectivity index (χ0n) is 8.35. The molecule has 0 aliphatic carbocycles. The van der Waals surface area contributed by atoms with Crippen molar-refractivity contribution in [3.05, 3.63) is 0 Å². The monoisotopic (exact) mass is 173 g/mol. The molecule has 3 heteroatoms. The van der Waals surface area contributed by atoms with Crippen molar-refractivity contribution in [3.63, 3.8) is 0 Å². The van der Waals surface area contributed by atoms with Crippen LogP contribution in [0.4, 0.5) is 0 Å². The van der Waals surface area contributed by atoms with Crippen LogP contribution < -0.4 is 5.32 Å². The molecule has 0 aromatic rings. The third kappa shape index (κ3) is 7.54. The smallest absolute Gasteiger partial charge is 0.220 e. The van der Waals surface area contributed by atoms with Gasteiger partial charge in [0.1, 0.15) is 0 Å². The molecule has 0 saturated carbocycles. The Morgan fingerprint density at radius 1 is 1.50 bits per heavy atom. The van der Waals surface area contributed by atoms with Crippen molar-refractivity contribution in [2.24, 2.45) is 5.41 Å². The van der Waals surface area contributed by atoms with Gasteiger partial charge in [0.05, 0.1) is 6.10 Å². The molecule has 0 bridgehead atoms. The van der Waals surface area contributed by atoms with Crippen molar-refractivity contribution in [2.45, 2.75) is 40.2 Å². The van der Waals surface area contributed by atoms with Crippen LogP contribution >= 0.6 is 0 Å². The van der Waals surface area contributed by atoms with E-state index < -0.39 is 6.10 Å². The summed E-state index contributed by atoms with van der Waals surface area (Å²) in [5.41, 5.74) is 0.0166. The number of nitrogens with one attached hydrogen (secondary N) is 1. The molecule has 0 unspecified atom stereocenters.